The molecule has 1 aromatic heterocycles. The van der Waals surface area contributed by atoms with E-state index in [1.54, 1.807) is 0 Å². The summed E-state index contributed by atoms with van der Waals surface area (Å²) in [6, 6.07) is 5.45. The van der Waals surface area contributed by atoms with Crippen LogP contribution in [-0.2, 0) is 20.2 Å². The van der Waals surface area contributed by atoms with Crippen molar-refractivity contribution in [2.45, 2.75) is 16.7 Å². The van der Waals surface area contributed by atoms with Gasteiger partial charge in [-0.2, -0.15) is 16.8 Å². The molecule has 0 atom stereocenters. The molecule has 16 nitrogen and oxygen atoms in total. The van der Waals surface area contributed by atoms with Crippen LogP contribution in [-0.4, -0.2) is 51.7 Å². The number of aryl methyl sites for hydroxylation is 1. The van der Waals surface area contributed by atoms with Gasteiger partial charge >= 0.3 is 5.97 Å². The number of hydrogen-bond acceptors (Lipinski definition) is 10. The Balaban J connectivity index is 2.17. The molecule has 0 amide bonds. The summed E-state index contributed by atoms with van der Waals surface area (Å²) in [5, 5.41) is 29.7. The average Bonchev–Trinajstić information content (AvgIpc) is 3.07. The summed E-state index contributed by atoms with van der Waals surface area (Å²) in [4.78, 5) is 33.1. The van der Waals surface area contributed by atoms with Crippen molar-refractivity contribution in [2.75, 3.05) is 0 Å². The van der Waals surface area contributed by atoms with Crippen molar-refractivity contribution in [2.24, 2.45) is 10.2 Å². The molecule has 4 N–H and O–H groups in total. The van der Waals surface area contributed by atoms with Gasteiger partial charge in [-0.3, -0.25) is 29.1 Å². The van der Waals surface area contributed by atoms with Gasteiger partial charge in [0.25, 0.3) is 31.5 Å². The number of carboxylic acids is 1. The number of aromatic carboxylic acids is 1. The van der Waals surface area contributed by atoms with Crippen LogP contribution in [0.15, 0.2) is 61.2 Å². The molecule has 35 heavy (non-hydrogen) atoms. The third-order valence-electron chi connectivity index (χ3n) is 4.48. The van der Waals surface area contributed by atoms with Crippen LogP contribution in [0.1, 0.15) is 16.1 Å². The molecule has 1 heterocycles. The predicted molar refractivity (Wildman–Crippen MR) is 115 cm³/mol. The summed E-state index contributed by atoms with van der Waals surface area (Å²) in [6.07, 6.45) is 0. The highest BCUT2D eigenvalue weighted by Crippen LogP contribution is 2.33. The second-order valence-corrected chi connectivity index (χ2v) is 9.60. The van der Waals surface area contributed by atoms with E-state index in [9.17, 15) is 46.2 Å². The van der Waals surface area contributed by atoms with E-state index in [1.807, 2.05) is 0 Å². The van der Waals surface area contributed by atoms with Crippen LogP contribution in [0.25, 0.3) is 5.69 Å². The van der Waals surface area contributed by atoms with Crippen molar-refractivity contribution in [1.29, 1.82) is 0 Å². The SMILES string of the molecule is Cc1cc(N=Nc2c(C(=O)O)[nH]n(-c3ccc(S(=O)(=O)O)cc3)c2=O)c(S(=O)(=O)O)cc1[N+](=O)[O-]. The molecule has 0 aliphatic rings. The van der Waals surface area contributed by atoms with Gasteiger partial charge in [0.1, 0.15) is 10.6 Å². The van der Waals surface area contributed by atoms with Crippen molar-refractivity contribution in [3.05, 3.63) is 68.1 Å². The van der Waals surface area contributed by atoms with E-state index in [2.05, 4.69) is 15.3 Å². The zero-order valence-electron chi connectivity index (χ0n) is 17.2. The van der Waals surface area contributed by atoms with Crippen molar-refractivity contribution in [3.63, 3.8) is 0 Å². The molecule has 0 radical (unpaired) electrons. The molecule has 0 saturated carbocycles. The topological polar surface area (TPSA) is 252 Å². The van der Waals surface area contributed by atoms with Gasteiger partial charge < -0.3 is 5.11 Å². The van der Waals surface area contributed by atoms with Gasteiger partial charge in [0.15, 0.2) is 11.4 Å². The molecule has 0 aliphatic heterocycles. The Morgan fingerprint density at radius 3 is 2.14 bits per heavy atom. The van der Waals surface area contributed by atoms with Gasteiger partial charge in [-0.25, -0.2) is 9.48 Å². The van der Waals surface area contributed by atoms with E-state index in [1.165, 1.54) is 6.92 Å². The number of H-pyrrole nitrogens is 1. The molecule has 184 valence electrons. The van der Waals surface area contributed by atoms with E-state index >= 15 is 0 Å². The van der Waals surface area contributed by atoms with Gasteiger partial charge in [0.2, 0.25) is 0 Å². The summed E-state index contributed by atoms with van der Waals surface area (Å²) in [6.45, 7) is 1.24. The Hall–Kier alpha value is -4.26. The molecule has 0 bridgehead atoms. The minimum Gasteiger partial charge on any atom is -0.476 e. The zero-order chi connectivity index (χ0) is 26.3. The molecule has 0 saturated heterocycles. The number of hydrogen-bond donors (Lipinski definition) is 4. The molecule has 3 aromatic rings. The lowest BCUT2D eigenvalue weighted by atomic mass is 10.2. The highest BCUT2D eigenvalue weighted by atomic mass is 32.2. The maximum Gasteiger partial charge on any atom is 0.356 e. The number of azo groups is 1. The maximum atomic E-state index is 12.8. The Morgan fingerprint density at radius 2 is 1.66 bits per heavy atom. The minimum atomic E-state index is -5.04. The summed E-state index contributed by atoms with van der Waals surface area (Å²) in [5.41, 5.74) is -4.09. The van der Waals surface area contributed by atoms with Crippen LogP contribution < -0.4 is 5.56 Å². The smallest absolute Gasteiger partial charge is 0.356 e. The number of nitrogens with zero attached hydrogens (tertiary/aromatic N) is 4. The first-order chi connectivity index (χ1) is 16.1. The number of nitro benzene ring substituents is 1. The molecule has 3 rings (SSSR count). The zero-order valence-corrected chi connectivity index (χ0v) is 18.8. The molecule has 0 fully saturated rings. The monoisotopic (exact) mass is 527 g/mol. The first kappa shape index (κ1) is 25.4. The fraction of sp³-hybridized carbons (Fsp3) is 0.0588. The van der Waals surface area contributed by atoms with Crippen LogP contribution in [0.5, 0.6) is 0 Å². The summed E-state index contributed by atoms with van der Waals surface area (Å²) in [5.74, 6) is -1.67. The number of benzene rings is 2. The van der Waals surface area contributed by atoms with E-state index < -0.39 is 69.2 Å². The number of aromatic nitrogens is 2. The lowest BCUT2D eigenvalue weighted by Gasteiger charge is -2.04. The number of rotatable bonds is 7. The van der Waals surface area contributed by atoms with Gasteiger partial charge in [0.05, 0.1) is 15.5 Å². The van der Waals surface area contributed by atoms with Gasteiger partial charge in [-0.05, 0) is 37.3 Å². The Labute approximate surface area is 194 Å². The number of aromatic amines is 1. The van der Waals surface area contributed by atoms with Crippen molar-refractivity contribution >= 4 is 43.3 Å². The highest BCUT2D eigenvalue weighted by molar-refractivity contribution is 7.86. The third-order valence-corrected chi connectivity index (χ3v) is 6.23. The molecule has 2 aromatic carbocycles. The standard InChI is InChI=1S/C17H13N5O11S2/c1-8-6-11(13(35(31,32)33)7-12(8)22(26)27)18-19-14-15(17(24)25)20-21(16(14)23)9-2-4-10(5-3-9)34(28,29)30/h2-7,20H,1H3,(H,24,25)(H,28,29,30)(H,31,32,33). The van der Waals surface area contributed by atoms with Crippen molar-refractivity contribution in [1.82, 2.24) is 9.78 Å². The number of carboxylic acid groups (broad SMARTS) is 1. The summed E-state index contributed by atoms with van der Waals surface area (Å²) in [7, 11) is -9.57. The van der Waals surface area contributed by atoms with Crippen LogP contribution in [0.4, 0.5) is 17.1 Å². The number of carbonyl (C=O) groups is 1. The Kier molecular flexibility index (Phi) is 6.40. The van der Waals surface area contributed by atoms with Crippen molar-refractivity contribution in [3.8, 4) is 5.69 Å². The minimum absolute atomic E-state index is 0.0591. The van der Waals surface area contributed by atoms with Crippen molar-refractivity contribution < 1.29 is 40.8 Å². The second kappa shape index (κ2) is 8.83. The summed E-state index contributed by atoms with van der Waals surface area (Å²) >= 11 is 0. The fourth-order valence-corrected chi connectivity index (χ4v) is 3.97. The normalized spacial score (nSPS) is 12.2. The van der Waals surface area contributed by atoms with Crippen LogP contribution in [0.2, 0.25) is 0 Å². The molecule has 18 heteroatoms. The van der Waals surface area contributed by atoms with Gasteiger partial charge in [-0.1, -0.05) is 0 Å². The van der Waals surface area contributed by atoms with Gasteiger partial charge in [0, 0.05) is 11.6 Å². The van der Waals surface area contributed by atoms with E-state index in [0.29, 0.717) is 10.7 Å². The van der Waals surface area contributed by atoms with E-state index in [-0.39, 0.29) is 11.3 Å². The fourth-order valence-electron chi connectivity index (χ4n) is 2.87. The number of nitro groups is 1. The molecule has 0 unspecified atom stereocenters. The lowest BCUT2D eigenvalue weighted by Crippen LogP contribution is -2.14. The van der Waals surface area contributed by atoms with Crippen LogP contribution in [0.3, 0.4) is 0 Å². The largest absolute Gasteiger partial charge is 0.476 e. The third kappa shape index (κ3) is 5.14. The van der Waals surface area contributed by atoms with Crippen LogP contribution >= 0.6 is 0 Å². The quantitative estimate of drug-likeness (QED) is 0.149. The molecule has 0 spiro atoms. The lowest BCUT2D eigenvalue weighted by molar-refractivity contribution is -0.385. The second-order valence-electron chi connectivity index (χ2n) is 6.79. The number of nitrogens with one attached hydrogen (secondary N) is 1. The molecular formula is C17H13N5O11S2. The Morgan fingerprint density at radius 1 is 1.06 bits per heavy atom. The highest BCUT2D eigenvalue weighted by Gasteiger charge is 2.25. The van der Waals surface area contributed by atoms with Crippen LogP contribution in [0, 0.1) is 17.0 Å². The maximum absolute atomic E-state index is 12.8. The predicted octanol–water partition coefficient (Wildman–Crippen LogP) is 1.99. The first-order valence-corrected chi connectivity index (χ1v) is 11.8. The molecular weight excluding hydrogens is 514 g/mol. The van der Waals surface area contributed by atoms with E-state index in [4.69, 9.17) is 4.55 Å². The average molecular weight is 527 g/mol. The first-order valence-electron chi connectivity index (χ1n) is 8.95. The summed E-state index contributed by atoms with van der Waals surface area (Å²) < 4.78 is 64.8. The van der Waals surface area contributed by atoms with E-state index in [0.717, 1.165) is 30.3 Å². The molecule has 0 aliphatic carbocycles. The van der Waals surface area contributed by atoms with Gasteiger partial charge in [-0.15, -0.1) is 10.2 Å². The Bertz CT molecular complexity index is 1670.